The van der Waals surface area contributed by atoms with E-state index in [1.54, 1.807) is 18.0 Å². The van der Waals surface area contributed by atoms with E-state index in [0.29, 0.717) is 13.1 Å². The highest BCUT2D eigenvalue weighted by Crippen LogP contribution is 2.35. The molecule has 0 saturated carbocycles. The Hall–Kier alpha value is -2.41. The summed E-state index contributed by atoms with van der Waals surface area (Å²) in [7, 11) is 1.68. The zero-order valence-electron chi connectivity index (χ0n) is 15.5. The van der Waals surface area contributed by atoms with Gasteiger partial charge in [0.1, 0.15) is 13.2 Å². The van der Waals surface area contributed by atoms with Crippen LogP contribution in [0, 0.1) is 0 Å². The molecule has 0 unspecified atom stereocenters. The number of carbonyl (C=O) groups is 2. The molecule has 1 heterocycles. The van der Waals surface area contributed by atoms with E-state index in [9.17, 15) is 9.59 Å². The van der Waals surface area contributed by atoms with Crippen molar-refractivity contribution >= 4 is 24.8 Å². The molecular formula is C20H26N2O4S. The number of ether oxygens (including phenoxy) is 2. The first-order chi connectivity index (χ1) is 13.0. The number of carbonyl (C=O) groups excluding carboxylic acids is 2. The highest BCUT2D eigenvalue weighted by molar-refractivity contribution is 7.81. The number of hydrogen-bond acceptors (Lipinski definition) is 5. The highest BCUT2D eigenvalue weighted by Gasteiger charge is 2.35. The van der Waals surface area contributed by atoms with Crippen molar-refractivity contribution in [1.29, 1.82) is 0 Å². The third-order valence-electron chi connectivity index (χ3n) is 4.26. The van der Waals surface area contributed by atoms with Crippen molar-refractivity contribution in [1.82, 2.24) is 9.80 Å². The fourth-order valence-corrected chi connectivity index (χ4v) is 3.34. The minimum Gasteiger partial charge on any atom is -0.445 e. The molecule has 1 fully saturated rings. The first-order valence-corrected chi connectivity index (χ1v) is 9.27. The molecule has 2 amide bonds. The number of hydrogen-bond donors (Lipinski definition) is 1. The largest absolute Gasteiger partial charge is 0.445 e. The van der Waals surface area contributed by atoms with Gasteiger partial charge in [0, 0.05) is 25.4 Å². The number of rotatable bonds is 7. The smallest absolute Gasteiger partial charge is 0.410 e. The summed E-state index contributed by atoms with van der Waals surface area (Å²) < 4.78 is 10.2. The Morgan fingerprint density at radius 3 is 2.48 bits per heavy atom. The first kappa shape index (κ1) is 20.9. The van der Waals surface area contributed by atoms with Crippen LogP contribution in [0.4, 0.5) is 9.59 Å². The maximum absolute atomic E-state index is 12.3. The van der Waals surface area contributed by atoms with Gasteiger partial charge in [0.15, 0.2) is 0 Å². The molecule has 0 radical (unpaired) electrons. The van der Waals surface area contributed by atoms with Gasteiger partial charge in [-0.3, -0.25) is 0 Å². The number of benzene rings is 1. The second-order valence-electron chi connectivity index (χ2n) is 6.39. The second kappa shape index (κ2) is 10.1. The molecule has 0 aromatic heterocycles. The van der Waals surface area contributed by atoms with Crippen molar-refractivity contribution in [3.05, 3.63) is 60.7 Å². The van der Waals surface area contributed by atoms with E-state index in [-0.39, 0.29) is 30.6 Å². The van der Waals surface area contributed by atoms with Crippen LogP contribution in [-0.2, 0) is 16.0 Å². The number of amides is 2. The van der Waals surface area contributed by atoms with E-state index in [1.165, 1.54) is 11.0 Å². The molecule has 0 aliphatic carbocycles. The van der Waals surface area contributed by atoms with Crippen molar-refractivity contribution in [2.45, 2.75) is 24.3 Å². The van der Waals surface area contributed by atoms with Crippen molar-refractivity contribution in [3.63, 3.8) is 0 Å². The van der Waals surface area contributed by atoms with Crippen LogP contribution in [0.25, 0.3) is 0 Å². The van der Waals surface area contributed by atoms with Gasteiger partial charge in [-0.1, -0.05) is 49.6 Å². The maximum Gasteiger partial charge on any atom is 0.410 e. The Labute approximate surface area is 165 Å². The first-order valence-electron chi connectivity index (χ1n) is 8.76. The van der Waals surface area contributed by atoms with Crippen LogP contribution in [0.1, 0.15) is 23.6 Å². The zero-order chi connectivity index (χ0) is 19.8. The lowest BCUT2D eigenvalue weighted by atomic mass is 10.0. The molecule has 2 atom stereocenters. The molecule has 1 aromatic rings. The SMILES string of the molecule is C=CCOC(=O)N(C)Cc1ccc([C@@H]2C[C@H](S)CN2C(=O)OCC=C)cc1. The van der Waals surface area contributed by atoms with Crippen LogP contribution in [0.15, 0.2) is 49.6 Å². The zero-order valence-corrected chi connectivity index (χ0v) is 16.4. The Balaban J connectivity index is 2.02. The van der Waals surface area contributed by atoms with E-state index in [1.807, 2.05) is 24.3 Å². The fourth-order valence-electron chi connectivity index (χ4n) is 2.97. The summed E-state index contributed by atoms with van der Waals surface area (Å²) in [5.41, 5.74) is 1.99. The summed E-state index contributed by atoms with van der Waals surface area (Å²) in [6, 6.07) is 7.77. The van der Waals surface area contributed by atoms with Gasteiger partial charge in [-0.05, 0) is 17.5 Å². The predicted octanol–water partition coefficient (Wildman–Crippen LogP) is 3.81. The van der Waals surface area contributed by atoms with Gasteiger partial charge < -0.3 is 19.3 Å². The fraction of sp³-hybridized carbons (Fsp3) is 0.400. The van der Waals surface area contributed by atoms with Crippen LogP contribution in [0.3, 0.4) is 0 Å². The molecule has 1 aliphatic heterocycles. The Kier molecular flexibility index (Phi) is 7.79. The molecular weight excluding hydrogens is 364 g/mol. The predicted molar refractivity (Wildman–Crippen MR) is 108 cm³/mol. The van der Waals surface area contributed by atoms with Crippen molar-refractivity contribution in [2.75, 3.05) is 26.8 Å². The van der Waals surface area contributed by atoms with Crippen LogP contribution in [0.5, 0.6) is 0 Å². The normalized spacial score (nSPS) is 18.7. The van der Waals surface area contributed by atoms with E-state index < -0.39 is 6.09 Å². The molecule has 1 aliphatic rings. The quantitative estimate of drug-likeness (QED) is 0.568. The molecule has 2 rings (SSSR count). The summed E-state index contributed by atoms with van der Waals surface area (Å²) in [5.74, 6) is 0. The van der Waals surface area contributed by atoms with Gasteiger partial charge in [-0.25, -0.2) is 9.59 Å². The Morgan fingerprint density at radius 1 is 1.22 bits per heavy atom. The summed E-state index contributed by atoms with van der Waals surface area (Å²) in [6.45, 7) is 8.43. The minimum atomic E-state index is -0.399. The van der Waals surface area contributed by atoms with Gasteiger partial charge in [-0.2, -0.15) is 12.6 Å². The highest BCUT2D eigenvalue weighted by atomic mass is 32.1. The molecule has 1 saturated heterocycles. The van der Waals surface area contributed by atoms with E-state index in [0.717, 1.165) is 17.5 Å². The Morgan fingerprint density at radius 2 is 1.85 bits per heavy atom. The Bertz CT molecular complexity index is 677. The van der Waals surface area contributed by atoms with E-state index >= 15 is 0 Å². The van der Waals surface area contributed by atoms with Gasteiger partial charge in [0.2, 0.25) is 0 Å². The van der Waals surface area contributed by atoms with Crippen molar-refractivity contribution in [3.8, 4) is 0 Å². The maximum atomic E-state index is 12.3. The van der Waals surface area contributed by atoms with Crippen LogP contribution in [-0.4, -0.2) is 54.0 Å². The van der Waals surface area contributed by atoms with E-state index in [2.05, 4.69) is 25.8 Å². The molecule has 0 N–H and O–H groups in total. The number of thiol groups is 1. The van der Waals surface area contributed by atoms with Gasteiger partial charge in [-0.15, -0.1) is 0 Å². The summed E-state index contributed by atoms with van der Waals surface area (Å²) in [5, 5.41) is 0.108. The average molecular weight is 391 g/mol. The molecule has 7 heteroatoms. The van der Waals surface area contributed by atoms with Crippen molar-refractivity contribution in [2.24, 2.45) is 0 Å². The van der Waals surface area contributed by atoms with Crippen LogP contribution < -0.4 is 0 Å². The third kappa shape index (κ3) is 5.79. The molecule has 0 bridgehead atoms. The lowest BCUT2D eigenvalue weighted by Crippen LogP contribution is -2.32. The second-order valence-corrected chi connectivity index (χ2v) is 7.12. The molecule has 27 heavy (non-hydrogen) atoms. The van der Waals surface area contributed by atoms with Crippen LogP contribution in [0.2, 0.25) is 0 Å². The molecule has 1 aromatic carbocycles. The standard InChI is InChI=1S/C20H26N2O4S/c1-4-10-25-19(23)21(3)13-15-6-8-16(9-7-15)18-12-17(27)14-22(18)20(24)26-11-5-2/h4-9,17-18,27H,1-2,10-14H2,3H3/t17-,18-/m0/s1. The monoisotopic (exact) mass is 390 g/mol. The lowest BCUT2D eigenvalue weighted by Gasteiger charge is -2.24. The van der Waals surface area contributed by atoms with Gasteiger partial charge in [0.25, 0.3) is 0 Å². The van der Waals surface area contributed by atoms with Gasteiger partial charge >= 0.3 is 12.2 Å². The van der Waals surface area contributed by atoms with Crippen molar-refractivity contribution < 1.29 is 19.1 Å². The summed E-state index contributed by atoms with van der Waals surface area (Å²) in [6.07, 6.45) is 3.09. The van der Waals surface area contributed by atoms with Gasteiger partial charge in [0.05, 0.1) is 6.04 Å². The average Bonchev–Trinajstić information content (AvgIpc) is 3.06. The minimum absolute atomic E-state index is 0.0749. The number of likely N-dealkylation sites (tertiary alicyclic amines) is 1. The molecule has 6 nitrogen and oxygen atoms in total. The summed E-state index contributed by atoms with van der Waals surface area (Å²) in [4.78, 5) is 27.3. The lowest BCUT2D eigenvalue weighted by molar-refractivity contribution is 0.108. The third-order valence-corrected chi connectivity index (χ3v) is 4.63. The van der Waals surface area contributed by atoms with Crippen LogP contribution >= 0.6 is 12.6 Å². The molecule has 0 spiro atoms. The molecule has 146 valence electrons. The topological polar surface area (TPSA) is 59.1 Å². The summed E-state index contributed by atoms with van der Waals surface area (Å²) >= 11 is 4.53. The number of nitrogens with zero attached hydrogens (tertiary/aromatic N) is 2. The van der Waals surface area contributed by atoms with E-state index in [4.69, 9.17) is 9.47 Å².